The summed E-state index contributed by atoms with van der Waals surface area (Å²) in [4.78, 5) is 1.17. The Labute approximate surface area is 88.6 Å². The molecule has 4 heteroatoms. The number of methoxy groups -OCH3 is 2. The zero-order valence-electron chi connectivity index (χ0n) is 8.40. The second kappa shape index (κ2) is 5.90. The van der Waals surface area contributed by atoms with Crippen molar-refractivity contribution in [3.63, 3.8) is 0 Å². The van der Waals surface area contributed by atoms with Crippen molar-refractivity contribution in [3.8, 4) is 0 Å². The Hall–Kier alpha value is -0.710. The molecule has 1 aromatic rings. The molecule has 2 N–H and O–H groups in total. The number of rotatable bonds is 5. The maximum atomic E-state index is 5.58. The van der Waals surface area contributed by atoms with Crippen LogP contribution < -0.4 is 5.73 Å². The molecule has 14 heavy (non-hydrogen) atoms. The topological polar surface area (TPSA) is 44.5 Å². The molecule has 0 saturated carbocycles. The molecule has 0 aliphatic carbocycles. The first kappa shape index (κ1) is 11.4. The van der Waals surface area contributed by atoms with Crippen molar-refractivity contribution in [1.29, 1.82) is 0 Å². The molecule has 1 rings (SSSR count). The third kappa shape index (κ3) is 3.57. The first-order chi connectivity index (χ1) is 6.76. The summed E-state index contributed by atoms with van der Waals surface area (Å²) in [6, 6.07) is 7.75. The molecule has 3 nitrogen and oxygen atoms in total. The third-order valence-corrected chi connectivity index (χ3v) is 2.84. The molecule has 0 radical (unpaired) electrons. The van der Waals surface area contributed by atoms with Crippen molar-refractivity contribution in [2.45, 2.75) is 11.2 Å². The van der Waals surface area contributed by atoms with Crippen LogP contribution in [0.5, 0.6) is 0 Å². The van der Waals surface area contributed by atoms with E-state index in [0.29, 0.717) is 0 Å². The average Bonchev–Trinajstić information content (AvgIpc) is 2.22. The second-order valence-electron chi connectivity index (χ2n) is 2.78. The third-order valence-electron chi connectivity index (χ3n) is 1.79. The fraction of sp³-hybridized carbons (Fsp3) is 0.400. The summed E-state index contributed by atoms with van der Waals surface area (Å²) in [6.07, 6.45) is -0.155. The number of hydrogen-bond donors (Lipinski definition) is 1. The van der Waals surface area contributed by atoms with Gasteiger partial charge in [-0.2, -0.15) is 0 Å². The number of hydrogen-bond acceptors (Lipinski definition) is 4. The van der Waals surface area contributed by atoms with E-state index in [9.17, 15) is 0 Å². The fourth-order valence-electron chi connectivity index (χ4n) is 0.961. The van der Waals surface area contributed by atoms with Crippen LogP contribution in [0.15, 0.2) is 29.2 Å². The summed E-state index contributed by atoms with van der Waals surface area (Å²) in [5.41, 5.74) is 6.36. The Bertz CT molecular complexity index is 259. The summed E-state index contributed by atoms with van der Waals surface area (Å²) >= 11 is 1.68. The van der Waals surface area contributed by atoms with Gasteiger partial charge in [0.15, 0.2) is 6.29 Å². The lowest BCUT2D eigenvalue weighted by Crippen LogP contribution is -2.15. The van der Waals surface area contributed by atoms with Crippen LogP contribution in [0.2, 0.25) is 0 Å². The van der Waals surface area contributed by atoms with E-state index in [4.69, 9.17) is 15.2 Å². The number of nitrogens with two attached hydrogens (primary N) is 1. The van der Waals surface area contributed by atoms with Gasteiger partial charge in [-0.15, -0.1) is 11.8 Å². The van der Waals surface area contributed by atoms with Crippen LogP contribution in [0.3, 0.4) is 0 Å². The van der Waals surface area contributed by atoms with Gasteiger partial charge < -0.3 is 15.2 Å². The molecule has 0 bridgehead atoms. The van der Waals surface area contributed by atoms with Crippen molar-refractivity contribution in [1.82, 2.24) is 0 Å². The van der Waals surface area contributed by atoms with E-state index < -0.39 is 0 Å². The number of thioether (sulfide) groups is 1. The van der Waals surface area contributed by atoms with Gasteiger partial charge in [-0.25, -0.2) is 0 Å². The molecule has 0 aromatic heterocycles. The lowest BCUT2D eigenvalue weighted by Gasteiger charge is -2.12. The standard InChI is InChI=1S/C10H15NO2S/c1-12-10(13-2)7-14-9-5-3-8(11)4-6-9/h3-6,10H,7,11H2,1-2H3. The number of anilines is 1. The lowest BCUT2D eigenvalue weighted by atomic mass is 10.3. The van der Waals surface area contributed by atoms with Gasteiger partial charge in [0.1, 0.15) is 0 Å². The van der Waals surface area contributed by atoms with E-state index >= 15 is 0 Å². The quantitative estimate of drug-likeness (QED) is 0.461. The minimum absolute atomic E-state index is 0.155. The summed E-state index contributed by atoms with van der Waals surface area (Å²) in [6.45, 7) is 0. The minimum atomic E-state index is -0.155. The largest absolute Gasteiger partial charge is 0.399 e. The summed E-state index contributed by atoms with van der Waals surface area (Å²) in [7, 11) is 3.27. The summed E-state index contributed by atoms with van der Waals surface area (Å²) < 4.78 is 10.2. The molecular formula is C10H15NO2S. The predicted octanol–water partition coefficient (Wildman–Crippen LogP) is 1.98. The minimum Gasteiger partial charge on any atom is -0.399 e. The maximum Gasteiger partial charge on any atom is 0.166 e. The van der Waals surface area contributed by atoms with Crippen molar-refractivity contribution in [2.75, 3.05) is 25.7 Å². The van der Waals surface area contributed by atoms with Crippen LogP contribution in [-0.2, 0) is 9.47 Å². The van der Waals surface area contributed by atoms with Crippen LogP contribution in [0.1, 0.15) is 0 Å². The van der Waals surface area contributed by atoms with Gasteiger partial charge in [0, 0.05) is 30.6 Å². The SMILES string of the molecule is COC(CSc1ccc(N)cc1)OC. The van der Waals surface area contributed by atoms with Gasteiger partial charge >= 0.3 is 0 Å². The van der Waals surface area contributed by atoms with E-state index in [-0.39, 0.29) is 6.29 Å². The van der Waals surface area contributed by atoms with Crippen molar-refractivity contribution < 1.29 is 9.47 Å². The Morgan fingerprint density at radius 3 is 2.29 bits per heavy atom. The monoisotopic (exact) mass is 213 g/mol. The van der Waals surface area contributed by atoms with E-state index in [1.807, 2.05) is 24.3 Å². The molecule has 0 aliphatic heterocycles. The second-order valence-corrected chi connectivity index (χ2v) is 3.87. The lowest BCUT2D eigenvalue weighted by molar-refractivity contribution is -0.0842. The number of nitrogen functional groups attached to an aromatic ring is 1. The molecule has 0 fully saturated rings. The highest BCUT2D eigenvalue weighted by Gasteiger charge is 2.05. The highest BCUT2D eigenvalue weighted by molar-refractivity contribution is 7.99. The van der Waals surface area contributed by atoms with Gasteiger partial charge in [-0.1, -0.05) is 0 Å². The van der Waals surface area contributed by atoms with E-state index in [2.05, 4.69) is 0 Å². The molecule has 78 valence electrons. The molecular weight excluding hydrogens is 198 g/mol. The van der Waals surface area contributed by atoms with E-state index in [1.165, 1.54) is 4.90 Å². The van der Waals surface area contributed by atoms with Crippen molar-refractivity contribution in [2.24, 2.45) is 0 Å². The van der Waals surface area contributed by atoms with Crippen LogP contribution in [-0.4, -0.2) is 26.3 Å². The van der Waals surface area contributed by atoms with Crippen molar-refractivity contribution >= 4 is 17.4 Å². The highest BCUT2D eigenvalue weighted by atomic mass is 32.2. The van der Waals surface area contributed by atoms with Crippen LogP contribution in [0, 0.1) is 0 Å². The molecule has 1 aromatic carbocycles. The molecule has 0 amide bonds. The van der Waals surface area contributed by atoms with Crippen LogP contribution in [0.25, 0.3) is 0 Å². The molecule has 0 unspecified atom stereocenters. The Morgan fingerprint density at radius 2 is 1.79 bits per heavy atom. The molecule has 0 spiro atoms. The maximum absolute atomic E-state index is 5.58. The molecule has 0 heterocycles. The normalized spacial score (nSPS) is 10.8. The smallest absolute Gasteiger partial charge is 0.166 e. The van der Waals surface area contributed by atoms with E-state index in [0.717, 1.165) is 11.4 Å². The number of benzene rings is 1. The summed E-state index contributed by atoms with van der Waals surface area (Å²) in [5, 5.41) is 0. The Morgan fingerprint density at radius 1 is 1.21 bits per heavy atom. The first-order valence-electron chi connectivity index (χ1n) is 4.30. The van der Waals surface area contributed by atoms with Gasteiger partial charge in [-0.3, -0.25) is 0 Å². The zero-order valence-corrected chi connectivity index (χ0v) is 9.21. The van der Waals surface area contributed by atoms with Crippen LogP contribution in [0.4, 0.5) is 5.69 Å². The molecule has 0 aliphatic rings. The van der Waals surface area contributed by atoms with Crippen molar-refractivity contribution in [3.05, 3.63) is 24.3 Å². The van der Waals surface area contributed by atoms with Crippen LogP contribution >= 0.6 is 11.8 Å². The van der Waals surface area contributed by atoms with Gasteiger partial charge in [0.05, 0.1) is 0 Å². The summed E-state index contributed by atoms with van der Waals surface area (Å²) in [5.74, 6) is 0.775. The highest BCUT2D eigenvalue weighted by Crippen LogP contribution is 2.20. The molecule has 0 saturated heterocycles. The van der Waals surface area contributed by atoms with Gasteiger partial charge in [0.25, 0.3) is 0 Å². The predicted molar refractivity (Wildman–Crippen MR) is 59.4 cm³/mol. The fourth-order valence-corrected chi connectivity index (χ4v) is 1.89. The Kier molecular flexibility index (Phi) is 4.79. The average molecular weight is 213 g/mol. The van der Waals surface area contributed by atoms with Gasteiger partial charge in [-0.05, 0) is 24.3 Å². The van der Waals surface area contributed by atoms with Gasteiger partial charge in [0.2, 0.25) is 0 Å². The molecule has 0 atom stereocenters. The zero-order chi connectivity index (χ0) is 10.4. The van der Waals surface area contributed by atoms with E-state index in [1.54, 1.807) is 26.0 Å². The first-order valence-corrected chi connectivity index (χ1v) is 5.28. The number of ether oxygens (including phenoxy) is 2. The Balaban J connectivity index is 2.41.